The lowest BCUT2D eigenvalue weighted by atomic mass is 9.99. The quantitative estimate of drug-likeness (QED) is 0.0382. The summed E-state index contributed by atoms with van der Waals surface area (Å²) in [6.07, 6.45) is -2.58. The number of aliphatic hydroxyl groups is 2. The molecule has 0 radical (unpaired) electrons. The number of nitrogens with two attached hydrogens (primary N) is 1. The number of carbonyl (C=O) groups is 11. The number of nitrogens with one attached hydrogen (secondary N) is 6. The summed E-state index contributed by atoms with van der Waals surface area (Å²) in [4.78, 5) is 144. The lowest BCUT2D eigenvalue weighted by molar-refractivity contribution is -0.146. The summed E-state index contributed by atoms with van der Waals surface area (Å²) in [7, 11) is 0. The highest BCUT2D eigenvalue weighted by atomic mass is 32.1. The minimum atomic E-state index is -1.79. The van der Waals surface area contributed by atoms with E-state index >= 15 is 0 Å². The Balaban J connectivity index is 2.28. The Morgan fingerprint density at radius 1 is 0.615 bits per heavy atom. The number of likely N-dealkylation sites (tertiary alicyclic amines) is 2. The number of aliphatic hydroxyl groups excluding tert-OH is 2. The summed E-state index contributed by atoms with van der Waals surface area (Å²) in [5.74, 6) is -12.9. The molecular weight excluding hydrogens is 883 g/mol. The average Bonchev–Trinajstić information content (AvgIpc) is 3.92. The van der Waals surface area contributed by atoms with Gasteiger partial charge < -0.3 is 73.0 Å². The van der Waals surface area contributed by atoms with Crippen molar-refractivity contribution in [1.82, 2.24) is 41.7 Å². The summed E-state index contributed by atoms with van der Waals surface area (Å²) in [5.41, 5.74) is 5.64. The predicted octanol–water partition coefficient (Wildman–Crippen LogP) is -4.76. The van der Waals surface area contributed by atoms with Gasteiger partial charge in [0.1, 0.15) is 48.3 Å². The molecule has 0 saturated carbocycles. The van der Waals surface area contributed by atoms with Crippen molar-refractivity contribution in [1.29, 1.82) is 0 Å². The first-order valence-electron chi connectivity index (χ1n) is 21.1. The van der Waals surface area contributed by atoms with Crippen LogP contribution in [0, 0.1) is 11.8 Å². The van der Waals surface area contributed by atoms with Crippen molar-refractivity contribution in [2.75, 3.05) is 25.4 Å². The Bertz CT molecular complexity index is 1780. The van der Waals surface area contributed by atoms with Crippen molar-refractivity contribution in [2.24, 2.45) is 17.6 Å². The molecule has 10 atom stereocenters. The van der Waals surface area contributed by atoms with Crippen LogP contribution in [0.4, 0.5) is 0 Å². The van der Waals surface area contributed by atoms with Gasteiger partial charge in [-0.25, -0.2) is 4.79 Å². The molecule has 2 aliphatic heterocycles. The third-order valence-corrected chi connectivity index (χ3v) is 11.0. The molecule has 0 aromatic heterocycles. The van der Waals surface area contributed by atoms with E-state index in [4.69, 9.17) is 5.73 Å². The first kappa shape index (κ1) is 55.5. The highest BCUT2D eigenvalue weighted by Gasteiger charge is 2.43. The highest BCUT2D eigenvalue weighted by Crippen LogP contribution is 2.23. The number of carbonyl (C=O) groups excluding carboxylic acids is 8. The molecule has 26 heteroatoms. The zero-order valence-electron chi connectivity index (χ0n) is 36.9. The van der Waals surface area contributed by atoms with Gasteiger partial charge in [0.2, 0.25) is 47.3 Å². The molecule has 0 aliphatic carbocycles. The van der Waals surface area contributed by atoms with E-state index in [1.54, 1.807) is 27.7 Å². The van der Waals surface area contributed by atoms with Crippen LogP contribution < -0.4 is 37.6 Å². The normalized spacial score (nSPS) is 19.7. The van der Waals surface area contributed by atoms with Crippen molar-refractivity contribution < 1.29 is 78.3 Å². The largest absolute Gasteiger partial charge is 0.481 e. The number of carboxylic acid groups (broad SMARTS) is 3. The fourth-order valence-corrected chi connectivity index (χ4v) is 7.39. The Labute approximate surface area is 380 Å². The van der Waals surface area contributed by atoms with Crippen LogP contribution in [0.1, 0.15) is 79.6 Å². The summed E-state index contributed by atoms with van der Waals surface area (Å²) < 4.78 is 0. The van der Waals surface area contributed by atoms with Crippen LogP contribution in [0.25, 0.3) is 0 Å². The van der Waals surface area contributed by atoms with Gasteiger partial charge in [-0.1, -0.05) is 27.7 Å². The van der Waals surface area contributed by atoms with E-state index in [1.165, 1.54) is 11.8 Å². The van der Waals surface area contributed by atoms with Gasteiger partial charge in [0.25, 0.3) is 0 Å². The molecule has 2 saturated heterocycles. The smallest absolute Gasteiger partial charge is 0.328 e. The van der Waals surface area contributed by atoms with Crippen LogP contribution in [-0.4, -0.2) is 186 Å². The Morgan fingerprint density at radius 2 is 1.08 bits per heavy atom. The van der Waals surface area contributed by atoms with Crippen LogP contribution >= 0.6 is 12.6 Å². The van der Waals surface area contributed by atoms with Gasteiger partial charge in [0.05, 0.1) is 31.6 Å². The molecule has 0 bridgehead atoms. The number of rotatable bonds is 25. The first-order valence-corrected chi connectivity index (χ1v) is 21.7. The number of hydrogen-bond acceptors (Lipinski definition) is 15. The van der Waals surface area contributed by atoms with Crippen LogP contribution in [0.3, 0.4) is 0 Å². The zero-order chi connectivity index (χ0) is 49.5. The first-order chi connectivity index (χ1) is 30.3. The van der Waals surface area contributed by atoms with E-state index in [-0.39, 0.29) is 44.0 Å². The third-order valence-electron chi connectivity index (χ3n) is 10.6. The zero-order valence-corrected chi connectivity index (χ0v) is 37.7. The molecule has 0 spiro atoms. The molecule has 25 nitrogen and oxygen atoms in total. The van der Waals surface area contributed by atoms with Crippen molar-refractivity contribution >= 4 is 77.8 Å². The van der Waals surface area contributed by atoms with Crippen LogP contribution in [0.5, 0.6) is 0 Å². The molecular formula is C39H63N9O16S. The molecule has 0 aromatic rings. The number of hydrogen-bond donors (Lipinski definition) is 13. The number of amides is 8. The predicted molar refractivity (Wildman–Crippen MR) is 228 cm³/mol. The van der Waals surface area contributed by atoms with Gasteiger partial charge in [-0.2, -0.15) is 12.6 Å². The molecule has 2 rings (SSSR count). The minimum Gasteiger partial charge on any atom is -0.481 e. The van der Waals surface area contributed by atoms with Gasteiger partial charge in [0, 0.05) is 18.8 Å². The summed E-state index contributed by atoms with van der Waals surface area (Å²) in [5, 5.41) is 61.8. The molecule has 366 valence electrons. The van der Waals surface area contributed by atoms with E-state index in [0.29, 0.717) is 12.8 Å². The minimum absolute atomic E-state index is 0.0105. The van der Waals surface area contributed by atoms with Crippen LogP contribution in [-0.2, 0) is 52.7 Å². The number of nitrogens with zero attached hydrogens (tertiary/aromatic N) is 2. The maximum absolute atomic E-state index is 14.1. The van der Waals surface area contributed by atoms with Gasteiger partial charge in [0.15, 0.2) is 0 Å². The van der Waals surface area contributed by atoms with E-state index in [2.05, 4.69) is 39.2 Å². The molecule has 0 unspecified atom stereocenters. The SMILES string of the molecule is CC(C)C[C@H](NC(=O)[C@@H](NC(=O)[C@@H]1CCCN1C(=O)[C@@H](NC(=O)[C@H](CC(=O)O)NC(=O)[C@@H](N)CS)[C@@H](C)O)C(C)C)C(=O)N1CCC[C@H]1C(=O)N[C@@H](CC(=O)O)C(=O)N[C@@H](CO)C(=O)O. The monoisotopic (exact) mass is 945 g/mol. The maximum atomic E-state index is 14.1. The van der Waals surface area contributed by atoms with E-state index in [9.17, 15) is 78.3 Å². The topological polar surface area (TPSA) is 394 Å². The Morgan fingerprint density at radius 3 is 1.52 bits per heavy atom. The summed E-state index contributed by atoms with van der Waals surface area (Å²) in [6.45, 7) is 6.93. The van der Waals surface area contributed by atoms with E-state index in [1.807, 2.05) is 5.32 Å². The van der Waals surface area contributed by atoms with Gasteiger partial charge in [-0.3, -0.25) is 47.9 Å². The fraction of sp³-hybridized carbons (Fsp3) is 0.718. The Hall–Kier alpha value is -5.60. The third kappa shape index (κ3) is 16.4. The van der Waals surface area contributed by atoms with E-state index in [0.717, 1.165) is 4.90 Å². The molecule has 13 N–H and O–H groups in total. The van der Waals surface area contributed by atoms with Crippen molar-refractivity contribution in [3.63, 3.8) is 0 Å². The average molecular weight is 946 g/mol. The van der Waals surface area contributed by atoms with Gasteiger partial charge in [-0.05, 0) is 50.9 Å². The Kier molecular flexibility index (Phi) is 22.0. The molecule has 0 aromatic carbocycles. The summed E-state index contributed by atoms with van der Waals surface area (Å²) >= 11 is 3.91. The van der Waals surface area contributed by atoms with Crippen molar-refractivity contribution in [2.45, 2.75) is 140 Å². The van der Waals surface area contributed by atoms with Crippen molar-refractivity contribution in [3.8, 4) is 0 Å². The second-order valence-electron chi connectivity index (χ2n) is 16.7. The van der Waals surface area contributed by atoms with E-state index < -0.39 is 151 Å². The maximum Gasteiger partial charge on any atom is 0.328 e. The van der Waals surface area contributed by atoms with Gasteiger partial charge >= 0.3 is 17.9 Å². The molecule has 2 heterocycles. The molecule has 65 heavy (non-hydrogen) atoms. The molecule has 8 amide bonds. The molecule has 2 fully saturated rings. The number of thiol groups is 1. The standard InChI is InChI=1S/C39H63N9O16S/c1-17(2)12-23(37(61)47-10-6-8-25(47)34(58)42-21(13-27(51)52)32(56)44-24(15-49)39(63)64)43-36(60)29(18(3)4)45-35(59)26-9-7-11-48(26)38(62)30(19(5)50)46-33(57)22(14-28(53)54)41-31(55)20(40)16-65/h17-26,29-30,49-50,65H,6-16,40H2,1-5H3,(H,41,55)(H,42,58)(H,43,60)(H,44,56)(H,45,59)(H,46,57)(H,51,52)(H,53,54)(H,63,64)/t19-,20+,21+,22+,23+,24+,25+,26+,29+,30+/m1/s1. The van der Waals surface area contributed by atoms with Crippen LogP contribution in [0.2, 0.25) is 0 Å². The van der Waals surface area contributed by atoms with Gasteiger partial charge in [-0.15, -0.1) is 0 Å². The lowest BCUT2D eigenvalue weighted by Gasteiger charge is -2.33. The number of carboxylic acids is 3. The number of aliphatic carboxylic acids is 3. The second-order valence-corrected chi connectivity index (χ2v) is 17.1. The summed E-state index contributed by atoms with van der Waals surface area (Å²) in [6, 6.07) is -13.2. The van der Waals surface area contributed by atoms with Crippen molar-refractivity contribution in [3.05, 3.63) is 0 Å². The fourth-order valence-electron chi connectivity index (χ4n) is 7.22. The van der Waals surface area contributed by atoms with Crippen LogP contribution in [0.15, 0.2) is 0 Å². The lowest BCUT2D eigenvalue weighted by Crippen LogP contribution is -2.62. The second kappa shape index (κ2) is 25.8. The highest BCUT2D eigenvalue weighted by molar-refractivity contribution is 7.80. The molecule has 2 aliphatic rings.